The Morgan fingerprint density at radius 1 is 0.778 bits per heavy atom. The fourth-order valence-corrected chi connectivity index (χ4v) is 3.67. The number of nitrogens with one attached hydrogen (secondary N) is 1. The molecule has 0 saturated carbocycles. The van der Waals surface area contributed by atoms with Gasteiger partial charge in [-0.05, 0) is 48.0 Å². The highest BCUT2D eigenvalue weighted by atomic mass is 16.5. The minimum atomic E-state index is -0.0301. The molecule has 0 aliphatic heterocycles. The Labute approximate surface area is 211 Å². The first kappa shape index (κ1) is 26.3. The van der Waals surface area contributed by atoms with Crippen molar-refractivity contribution in [1.82, 2.24) is 0 Å². The van der Waals surface area contributed by atoms with Crippen LogP contribution in [0.3, 0.4) is 0 Å². The first-order valence-electron chi connectivity index (χ1n) is 11.2. The second kappa shape index (κ2) is 12.4. The summed E-state index contributed by atoms with van der Waals surface area (Å²) < 4.78 is 27.2. The van der Waals surface area contributed by atoms with E-state index in [0.29, 0.717) is 40.9 Å². The SMILES string of the molecule is COc1cc(/C=C\c2cc(OC)c(OC)c(OC)c2)c(NCCC(=O)c2ccc(O)cc2)cc1OC. The van der Waals surface area contributed by atoms with E-state index in [4.69, 9.17) is 23.7 Å². The molecule has 0 radical (unpaired) electrons. The van der Waals surface area contributed by atoms with Gasteiger partial charge in [0.1, 0.15) is 5.75 Å². The number of phenolic OH excluding ortho intramolecular Hbond substituents is 1. The number of phenols is 1. The van der Waals surface area contributed by atoms with E-state index in [1.165, 1.54) is 12.1 Å². The number of methoxy groups -OCH3 is 5. The predicted molar refractivity (Wildman–Crippen MR) is 140 cm³/mol. The van der Waals surface area contributed by atoms with Crippen LogP contribution in [0, 0.1) is 0 Å². The minimum Gasteiger partial charge on any atom is -0.508 e. The van der Waals surface area contributed by atoms with Crippen LogP contribution in [0.25, 0.3) is 12.2 Å². The number of carbonyl (C=O) groups excluding carboxylic acids is 1. The van der Waals surface area contributed by atoms with E-state index in [1.807, 2.05) is 36.4 Å². The predicted octanol–water partition coefficient (Wildman–Crippen LogP) is 5.29. The van der Waals surface area contributed by atoms with Crippen molar-refractivity contribution in [3.63, 3.8) is 0 Å². The van der Waals surface area contributed by atoms with Gasteiger partial charge in [-0.15, -0.1) is 0 Å². The quantitative estimate of drug-likeness (QED) is 0.260. The highest BCUT2D eigenvalue weighted by Crippen LogP contribution is 2.39. The van der Waals surface area contributed by atoms with E-state index in [-0.39, 0.29) is 18.0 Å². The number of carbonyl (C=O) groups is 1. The van der Waals surface area contributed by atoms with Crippen LogP contribution in [0.1, 0.15) is 27.9 Å². The molecule has 8 heteroatoms. The molecule has 2 N–H and O–H groups in total. The van der Waals surface area contributed by atoms with Crippen LogP contribution >= 0.6 is 0 Å². The summed E-state index contributed by atoms with van der Waals surface area (Å²) in [6, 6.07) is 13.6. The molecule has 3 aromatic carbocycles. The molecular weight excluding hydrogens is 462 g/mol. The molecule has 0 atom stereocenters. The van der Waals surface area contributed by atoms with Crippen molar-refractivity contribution in [2.45, 2.75) is 6.42 Å². The van der Waals surface area contributed by atoms with Gasteiger partial charge in [0.05, 0.1) is 35.5 Å². The highest BCUT2D eigenvalue weighted by molar-refractivity contribution is 5.96. The zero-order chi connectivity index (χ0) is 26.1. The van der Waals surface area contributed by atoms with E-state index in [2.05, 4.69) is 5.32 Å². The van der Waals surface area contributed by atoms with Crippen LogP contribution < -0.4 is 29.0 Å². The number of Topliss-reactive ketones (excluding diaryl/α,β-unsaturated/α-hetero) is 1. The number of rotatable bonds is 12. The van der Waals surface area contributed by atoms with E-state index >= 15 is 0 Å². The van der Waals surface area contributed by atoms with Crippen LogP contribution in [0.5, 0.6) is 34.5 Å². The molecule has 3 aromatic rings. The van der Waals surface area contributed by atoms with E-state index in [0.717, 1.165) is 16.8 Å². The molecule has 0 fully saturated rings. The van der Waals surface area contributed by atoms with E-state index in [1.54, 1.807) is 47.7 Å². The lowest BCUT2D eigenvalue weighted by Gasteiger charge is -2.15. The summed E-state index contributed by atoms with van der Waals surface area (Å²) >= 11 is 0. The third kappa shape index (κ3) is 6.21. The fraction of sp³-hybridized carbons (Fsp3) is 0.250. The van der Waals surface area contributed by atoms with Crippen LogP contribution in [0.15, 0.2) is 48.5 Å². The molecule has 3 rings (SSSR count). The summed E-state index contributed by atoms with van der Waals surface area (Å²) in [5.41, 5.74) is 2.99. The number of benzene rings is 3. The van der Waals surface area contributed by atoms with Crippen LogP contribution in [0.4, 0.5) is 5.69 Å². The molecule has 190 valence electrons. The Morgan fingerprint density at radius 3 is 1.92 bits per heavy atom. The Morgan fingerprint density at radius 2 is 1.36 bits per heavy atom. The zero-order valence-electron chi connectivity index (χ0n) is 21.1. The van der Waals surface area contributed by atoms with Gasteiger partial charge in [-0.2, -0.15) is 0 Å². The van der Waals surface area contributed by atoms with Crippen molar-refractivity contribution in [2.24, 2.45) is 0 Å². The largest absolute Gasteiger partial charge is 0.508 e. The summed E-state index contributed by atoms with van der Waals surface area (Å²) in [6.45, 7) is 0.403. The maximum absolute atomic E-state index is 12.5. The Hall–Kier alpha value is -4.33. The zero-order valence-corrected chi connectivity index (χ0v) is 21.1. The minimum absolute atomic E-state index is 0.0301. The van der Waals surface area contributed by atoms with Crippen molar-refractivity contribution >= 4 is 23.6 Å². The fourth-order valence-electron chi connectivity index (χ4n) is 3.67. The summed E-state index contributed by atoms with van der Waals surface area (Å²) in [4.78, 5) is 12.5. The Bertz CT molecular complexity index is 1190. The van der Waals surface area contributed by atoms with Gasteiger partial charge in [-0.1, -0.05) is 12.2 Å². The number of ether oxygens (including phenoxy) is 5. The average Bonchev–Trinajstić information content (AvgIpc) is 2.91. The topological polar surface area (TPSA) is 95.5 Å². The summed E-state index contributed by atoms with van der Waals surface area (Å²) in [5, 5.41) is 12.8. The molecule has 0 unspecified atom stereocenters. The van der Waals surface area contributed by atoms with Gasteiger partial charge in [0.15, 0.2) is 28.8 Å². The number of hydrogen-bond donors (Lipinski definition) is 2. The smallest absolute Gasteiger partial charge is 0.203 e. The molecule has 36 heavy (non-hydrogen) atoms. The maximum atomic E-state index is 12.5. The van der Waals surface area contributed by atoms with E-state index < -0.39 is 0 Å². The molecule has 0 bridgehead atoms. The second-order valence-electron chi connectivity index (χ2n) is 7.73. The molecule has 0 aliphatic rings. The summed E-state index contributed by atoms with van der Waals surface area (Å²) in [6.07, 6.45) is 4.11. The summed E-state index contributed by atoms with van der Waals surface area (Å²) in [5.74, 6) is 2.85. The Kier molecular flexibility index (Phi) is 9.05. The molecule has 0 amide bonds. The second-order valence-corrected chi connectivity index (χ2v) is 7.73. The normalized spacial score (nSPS) is 10.7. The van der Waals surface area contributed by atoms with Crippen molar-refractivity contribution in [3.05, 3.63) is 65.2 Å². The van der Waals surface area contributed by atoms with Crippen LogP contribution in [-0.4, -0.2) is 53.0 Å². The summed E-state index contributed by atoms with van der Waals surface area (Å²) in [7, 11) is 7.85. The lowest BCUT2D eigenvalue weighted by Crippen LogP contribution is -2.10. The maximum Gasteiger partial charge on any atom is 0.203 e. The highest BCUT2D eigenvalue weighted by Gasteiger charge is 2.14. The van der Waals surface area contributed by atoms with Gasteiger partial charge in [-0.3, -0.25) is 4.79 Å². The lowest BCUT2D eigenvalue weighted by molar-refractivity contribution is 0.0986. The number of ketones is 1. The molecule has 8 nitrogen and oxygen atoms in total. The van der Waals surface area contributed by atoms with Gasteiger partial charge in [0, 0.05) is 35.8 Å². The van der Waals surface area contributed by atoms with E-state index in [9.17, 15) is 9.90 Å². The lowest BCUT2D eigenvalue weighted by atomic mass is 10.1. The standard InChI is InChI=1S/C28H31NO7/c1-32-24-16-20(7-6-18-14-26(34-3)28(36-5)27(15-18)35-4)22(17-25(24)33-2)29-13-12-23(31)19-8-10-21(30)11-9-19/h6-11,14-17,29-30H,12-13H2,1-5H3/b7-6-. The van der Waals surface area contributed by atoms with Gasteiger partial charge < -0.3 is 34.1 Å². The first-order valence-corrected chi connectivity index (χ1v) is 11.2. The number of aromatic hydroxyl groups is 1. The number of anilines is 1. The number of hydrogen-bond acceptors (Lipinski definition) is 8. The monoisotopic (exact) mass is 493 g/mol. The molecule has 0 heterocycles. The third-order valence-corrected chi connectivity index (χ3v) is 5.55. The van der Waals surface area contributed by atoms with Crippen molar-refractivity contribution in [2.75, 3.05) is 47.4 Å². The Balaban J connectivity index is 1.86. The molecule has 0 aliphatic carbocycles. The average molecular weight is 494 g/mol. The van der Waals surface area contributed by atoms with Gasteiger partial charge >= 0.3 is 0 Å². The molecule has 0 aromatic heterocycles. The third-order valence-electron chi connectivity index (χ3n) is 5.55. The van der Waals surface area contributed by atoms with Gasteiger partial charge in [0.25, 0.3) is 0 Å². The van der Waals surface area contributed by atoms with Crippen molar-refractivity contribution < 1.29 is 33.6 Å². The van der Waals surface area contributed by atoms with Gasteiger partial charge in [0.2, 0.25) is 5.75 Å². The molecular formula is C28H31NO7. The molecule has 0 saturated heterocycles. The van der Waals surface area contributed by atoms with Crippen molar-refractivity contribution in [1.29, 1.82) is 0 Å². The first-order chi connectivity index (χ1) is 17.4. The van der Waals surface area contributed by atoms with Crippen molar-refractivity contribution in [3.8, 4) is 34.5 Å². The van der Waals surface area contributed by atoms with Gasteiger partial charge in [-0.25, -0.2) is 0 Å². The van der Waals surface area contributed by atoms with Crippen LogP contribution in [-0.2, 0) is 0 Å². The molecule has 0 spiro atoms. The van der Waals surface area contributed by atoms with Crippen LogP contribution in [0.2, 0.25) is 0 Å².